The summed E-state index contributed by atoms with van der Waals surface area (Å²) in [7, 11) is 0. The first kappa shape index (κ1) is 13.8. The Bertz CT molecular complexity index is 721. The minimum absolute atomic E-state index is 0.771. The van der Waals surface area contributed by atoms with Crippen LogP contribution >= 0.6 is 38.9 Å². The molecule has 1 heterocycles. The second-order valence-electron chi connectivity index (χ2n) is 4.44. The quantitative estimate of drug-likeness (QED) is 0.571. The molecular formula is C16H11BrClNS. The maximum Gasteiger partial charge on any atom is 0.0976 e. The van der Waals surface area contributed by atoms with Crippen LogP contribution in [0.1, 0.15) is 10.6 Å². The highest BCUT2D eigenvalue weighted by atomic mass is 79.9. The summed E-state index contributed by atoms with van der Waals surface area (Å²) in [6.45, 7) is 0. The van der Waals surface area contributed by atoms with Gasteiger partial charge in [0, 0.05) is 26.9 Å². The Morgan fingerprint density at radius 1 is 1.10 bits per heavy atom. The lowest BCUT2D eigenvalue weighted by molar-refractivity contribution is 1.14. The molecule has 0 fully saturated rings. The lowest BCUT2D eigenvalue weighted by Crippen LogP contribution is -1.87. The second-order valence-corrected chi connectivity index (χ2v) is 6.73. The molecule has 0 saturated carbocycles. The van der Waals surface area contributed by atoms with Crippen LogP contribution in [0.5, 0.6) is 0 Å². The van der Waals surface area contributed by atoms with Crippen LogP contribution in [0.3, 0.4) is 0 Å². The lowest BCUT2D eigenvalue weighted by atomic mass is 10.1. The molecule has 20 heavy (non-hydrogen) atoms. The predicted octanol–water partition coefficient (Wildman–Crippen LogP) is 5.82. The number of rotatable bonds is 3. The van der Waals surface area contributed by atoms with E-state index in [9.17, 15) is 0 Å². The summed E-state index contributed by atoms with van der Waals surface area (Å²) >= 11 is 11.1. The van der Waals surface area contributed by atoms with Crippen molar-refractivity contribution in [1.82, 2.24) is 4.98 Å². The van der Waals surface area contributed by atoms with Crippen molar-refractivity contribution in [2.75, 3.05) is 0 Å². The first-order chi connectivity index (χ1) is 9.70. The van der Waals surface area contributed by atoms with Crippen LogP contribution in [0.4, 0.5) is 0 Å². The van der Waals surface area contributed by atoms with E-state index in [0.717, 1.165) is 32.2 Å². The van der Waals surface area contributed by atoms with Crippen LogP contribution in [0.25, 0.3) is 11.3 Å². The van der Waals surface area contributed by atoms with Crippen molar-refractivity contribution in [1.29, 1.82) is 0 Å². The Morgan fingerprint density at radius 3 is 2.65 bits per heavy atom. The number of hydrogen-bond donors (Lipinski definition) is 0. The first-order valence-corrected chi connectivity index (χ1v) is 8.20. The third-order valence-corrected chi connectivity index (χ3v) is 4.55. The van der Waals surface area contributed by atoms with Gasteiger partial charge in [0.25, 0.3) is 0 Å². The average Bonchev–Trinajstić information content (AvgIpc) is 2.88. The Balaban J connectivity index is 1.82. The van der Waals surface area contributed by atoms with E-state index in [4.69, 9.17) is 16.6 Å². The summed E-state index contributed by atoms with van der Waals surface area (Å²) in [5.74, 6) is 0. The van der Waals surface area contributed by atoms with Crippen molar-refractivity contribution in [3.63, 3.8) is 0 Å². The van der Waals surface area contributed by atoms with Gasteiger partial charge in [-0.2, -0.15) is 0 Å². The van der Waals surface area contributed by atoms with Gasteiger partial charge < -0.3 is 0 Å². The molecule has 0 radical (unpaired) electrons. The van der Waals surface area contributed by atoms with E-state index in [1.807, 2.05) is 30.3 Å². The zero-order valence-corrected chi connectivity index (χ0v) is 13.7. The fourth-order valence-electron chi connectivity index (χ4n) is 1.97. The number of benzene rings is 2. The van der Waals surface area contributed by atoms with Crippen molar-refractivity contribution in [3.8, 4) is 11.3 Å². The number of hydrogen-bond acceptors (Lipinski definition) is 2. The summed E-state index contributed by atoms with van der Waals surface area (Å²) in [6.07, 6.45) is 0.821. The normalized spacial score (nSPS) is 10.7. The molecule has 3 aromatic rings. The average molecular weight is 365 g/mol. The number of thiazole rings is 1. The van der Waals surface area contributed by atoms with Gasteiger partial charge in [-0.1, -0.05) is 51.8 Å². The summed E-state index contributed by atoms with van der Waals surface area (Å²) in [5.41, 5.74) is 3.36. The maximum atomic E-state index is 6.01. The third-order valence-electron chi connectivity index (χ3n) is 2.94. The van der Waals surface area contributed by atoms with Gasteiger partial charge in [-0.05, 0) is 29.8 Å². The van der Waals surface area contributed by atoms with Crippen LogP contribution in [0.2, 0.25) is 5.02 Å². The van der Waals surface area contributed by atoms with E-state index < -0.39 is 0 Å². The number of halogens is 2. The van der Waals surface area contributed by atoms with E-state index in [1.165, 1.54) is 5.56 Å². The second kappa shape index (κ2) is 6.08. The van der Waals surface area contributed by atoms with Crippen LogP contribution < -0.4 is 0 Å². The van der Waals surface area contributed by atoms with E-state index in [1.54, 1.807) is 11.3 Å². The van der Waals surface area contributed by atoms with Crippen LogP contribution in [0.15, 0.2) is 58.4 Å². The van der Waals surface area contributed by atoms with Gasteiger partial charge in [-0.3, -0.25) is 0 Å². The highest BCUT2D eigenvalue weighted by Crippen LogP contribution is 2.25. The highest BCUT2D eigenvalue weighted by Gasteiger charge is 2.05. The van der Waals surface area contributed by atoms with Crippen LogP contribution in [0, 0.1) is 0 Å². The molecule has 4 heteroatoms. The Kier molecular flexibility index (Phi) is 4.20. The molecule has 0 N–H and O–H groups in total. The van der Waals surface area contributed by atoms with Gasteiger partial charge in [-0.25, -0.2) is 4.98 Å². The monoisotopic (exact) mass is 363 g/mol. The predicted molar refractivity (Wildman–Crippen MR) is 89.5 cm³/mol. The van der Waals surface area contributed by atoms with Gasteiger partial charge in [0.05, 0.1) is 10.7 Å². The molecule has 0 aliphatic carbocycles. The molecule has 0 unspecified atom stereocenters. The SMILES string of the molecule is Clc1cccc(Cc2nc(-c3ccc(Br)cc3)cs2)c1. The standard InChI is InChI=1S/C16H11BrClNS/c17-13-6-4-12(5-7-13)15-10-20-16(19-15)9-11-2-1-3-14(18)8-11/h1-8,10H,9H2. The maximum absolute atomic E-state index is 6.01. The summed E-state index contributed by atoms with van der Waals surface area (Å²) < 4.78 is 1.08. The molecule has 0 amide bonds. The summed E-state index contributed by atoms with van der Waals surface area (Å²) in [4.78, 5) is 4.70. The smallest absolute Gasteiger partial charge is 0.0976 e. The largest absolute Gasteiger partial charge is 0.241 e. The topological polar surface area (TPSA) is 12.9 Å². The first-order valence-electron chi connectivity index (χ1n) is 6.15. The molecule has 1 aromatic heterocycles. The van der Waals surface area contributed by atoms with E-state index in [2.05, 4.69) is 39.5 Å². The summed E-state index contributed by atoms with van der Waals surface area (Å²) in [5, 5.41) is 3.97. The Morgan fingerprint density at radius 2 is 1.90 bits per heavy atom. The molecule has 1 nitrogen and oxygen atoms in total. The molecule has 2 aromatic carbocycles. The van der Waals surface area contributed by atoms with E-state index in [0.29, 0.717) is 0 Å². The minimum atomic E-state index is 0.771. The zero-order valence-electron chi connectivity index (χ0n) is 10.5. The molecule has 0 spiro atoms. The molecular weight excluding hydrogens is 354 g/mol. The van der Waals surface area contributed by atoms with Crippen molar-refractivity contribution in [3.05, 3.63) is 74.0 Å². The number of aromatic nitrogens is 1. The van der Waals surface area contributed by atoms with Gasteiger partial charge >= 0.3 is 0 Å². The molecule has 0 aliphatic heterocycles. The fourth-order valence-corrected chi connectivity index (χ4v) is 3.28. The van der Waals surface area contributed by atoms with Crippen molar-refractivity contribution >= 4 is 38.9 Å². The van der Waals surface area contributed by atoms with E-state index in [-0.39, 0.29) is 0 Å². The van der Waals surface area contributed by atoms with Crippen LogP contribution in [-0.4, -0.2) is 4.98 Å². The van der Waals surface area contributed by atoms with Crippen molar-refractivity contribution < 1.29 is 0 Å². The van der Waals surface area contributed by atoms with E-state index >= 15 is 0 Å². The van der Waals surface area contributed by atoms with Crippen LogP contribution in [-0.2, 0) is 6.42 Å². The fraction of sp³-hybridized carbons (Fsp3) is 0.0625. The molecule has 3 rings (SSSR count). The minimum Gasteiger partial charge on any atom is -0.241 e. The van der Waals surface area contributed by atoms with Gasteiger partial charge in [0.15, 0.2) is 0 Å². The number of nitrogens with zero attached hydrogens (tertiary/aromatic N) is 1. The summed E-state index contributed by atoms with van der Waals surface area (Å²) in [6, 6.07) is 16.1. The van der Waals surface area contributed by atoms with Gasteiger partial charge in [0.2, 0.25) is 0 Å². The molecule has 0 bridgehead atoms. The molecule has 100 valence electrons. The van der Waals surface area contributed by atoms with Gasteiger partial charge in [-0.15, -0.1) is 11.3 Å². The van der Waals surface area contributed by atoms with Crippen molar-refractivity contribution in [2.45, 2.75) is 6.42 Å². The lowest BCUT2D eigenvalue weighted by Gasteiger charge is -1.99. The third kappa shape index (κ3) is 3.29. The highest BCUT2D eigenvalue weighted by molar-refractivity contribution is 9.10. The molecule has 0 aliphatic rings. The molecule has 0 atom stereocenters. The van der Waals surface area contributed by atoms with Crippen molar-refractivity contribution in [2.24, 2.45) is 0 Å². The Labute approximate surface area is 135 Å². The van der Waals surface area contributed by atoms with Gasteiger partial charge in [0.1, 0.15) is 0 Å². The molecule has 0 saturated heterocycles. The zero-order chi connectivity index (χ0) is 13.9. The Hall–Kier alpha value is -1.16.